The highest BCUT2D eigenvalue weighted by atomic mass is 19.1. The molecule has 0 aliphatic rings. The molecule has 2 rings (SSSR count). The summed E-state index contributed by atoms with van der Waals surface area (Å²) in [5.41, 5.74) is 1.70. The number of ketones is 1. The molecule has 0 N–H and O–H groups in total. The van der Waals surface area contributed by atoms with Crippen molar-refractivity contribution in [2.75, 3.05) is 0 Å². The van der Waals surface area contributed by atoms with Gasteiger partial charge in [0.25, 0.3) is 0 Å². The van der Waals surface area contributed by atoms with Gasteiger partial charge in [0.05, 0.1) is 11.6 Å². The van der Waals surface area contributed by atoms with Crippen LogP contribution in [0.4, 0.5) is 4.39 Å². The smallest absolute Gasteiger partial charge is 0.202 e. The summed E-state index contributed by atoms with van der Waals surface area (Å²) in [4.78, 5) is 12.2. The number of nitrogens with zero attached hydrogens (tertiary/aromatic N) is 1. The molecule has 0 saturated carbocycles. The highest BCUT2D eigenvalue weighted by molar-refractivity contribution is 5.99. The summed E-state index contributed by atoms with van der Waals surface area (Å²) in [6.45, 7) is 3.47. The summed E-state index contributed by atoms with van der Waals surface area (Å²) in [6, 6.07) is 12.4. The number of benzene rings is 2. The van der Waals surface area contributed by atoms with Gasteiger partial charge in [-0.1, -0.05) is 6.07 Å². The van der Waals surface area contributed by atoms with E-state index in [4.69, 9.17) is 10.00 Å². The van der Waals surface area contributed by atoms with Crippen LogP contribution in [0.3, 0.4) is 0 Å². The zero-order valence-corrected chi connectivity index (χ0v) is 11.8. The molecule has 0 aliphatic carbocycles. The molecular weight excluding hydrogens is 269 g/mol. The molecular formula is C17H14FNO2. The van der Waals surface area contributed by atoms with Crippen LogP contribution in [-0.4, -0.2) is 11.9 Å². The molecule has 4 heteroatoms. The van der Waals surface area contributed by atoms with Crippen molar-refractivity contribution >= 4 is 5.78 Å². The number of Topliss-reactive ketones (excluding diaryl/α,β-unsaturated/α-hetero) is 1. The molecule has 0 bridgehead atoms. The van der Waals surface area contributed by atoms with Crippen molar-refractivity contribution in [3.63, 3.8) is 0 Å². The fourth-order valence-electron chi connectivity index (χ4n) is 1.89. The molecule has 0 heterocycles. The van der Waals surface area contributed by atoms with Crippen molar-refractivity contribution in [2.24, 2.45) is 0 Å². The first-order valence-corrected chi connectivity index (χ1v) is 6.48. The van der Waals surface area contributed by atoms with Gasteiger partial charge >= 0.3 is 0 Å². The highest BCUT2D eigenvalue weighted by Gasteiger charge is 2.18. The average Bonchev–Trinajstić information content (AvgIpc) is 2.49. The Balaban J connectivity index is 2.18. The molecule has 3 nitrogen and oxygen atoms in total. The van der Waals surface area contributed by atoms with Crippen LogP contribution in [-0.2, 0) is 0 Å². The Morgan fingerprint density at radius 3 is 2.52 bits per heavy atom. The van der Waals surface area contributed by atoms with Crippen LogP contribution in [0.5, 0.6) is 5.75 Å². The van der Waals surface area contributed by atoms with Gasteiger partial charge in [0.15, 0.2) is 6.10 Å². The number of hydrogen-bond donors (Lipinski definition) is 0. The number of carbonyl (C=O) groups is 1. The van der Waals surface area contributed by atoms with E-state index in [2.05, 4.69) is 0 Å². The third kappa shape index (κ3) is 3.46. The summed E-state index contributed by atoms with van der Waals surface area (Å²) in [7, 11) is 0. The predicted octanol–water partition coefficient (Wildman–Crippen LogP) is 3.66. The third-order valence-corrected chi connectivity index (χ3v) is 3.12. The SMILES string of the molecule is Cc1ccc(C#N)cc1OC(C)C(=O)c1ccc(F)cc1. The van der Waals surface area contributed by atoms with E-state index >= 15 is 0 Å². The van der Waals surface area contributed by atoms with E-state index in [1.54, 1.807) is 25.1 Å². The van der Waals surface area contributed by atoms with E-state index in [-0.39, 0.29) is 5.78 Å². The fraction of sp³-hybridized carbons (Fsp3) is 0.176. The second-order valence-corrected chi connectivity index (χ2v) is 4.72. The van der Waals surface area contributed by atoms with Gasteiger partial charge in [-0.15, -0.1) is 0 Å². The number of rotatable bonds is 4. The Morgan fingerprint density at radius 1 is 1.24 bits per heavy atom. The Labute approximate surface area is 122 Å². The van der Waals surface area contributed by atoms with Crippen LogP contribution in [0.25, 0.3) is 0 Å². The molecule has 1 atom stereocenters. The normalized spacial score (nSPS) is 11.5. The predicted molar refractivity (Wildman–Crippen MR) is 76.7 cm³/mol. The second kappa shape index (κ2) is 6.19. The first-order chi connectivity index (χ1) is 10.0. The quantitative estimate of drug-likeness (QED) is 0.805. The van der Waals surface area contributed by atoms with E-state index in [1.165, 1.54) is 24.3 Å². The molecule has 21 heavy (non-hydrogen) atoms. The minimum Gasteiger partial charge on any atom is -0.482 e. The Kier molecular flexibility index (Phi) is 4.34. The molecule has 0 radical (unpaired) electrons. The fourth-order valence-corrected chi connectivity index (χ4v) is 1.89. The Morgan fingerprint density at radius 2 is 1.90 bits per heavy atom. The zero-order chi connectivity index (χ0) is 15.4. The van der Waals surface area contributed by atoms with Crippen molar-refractivity contribution in [1.29, 1.82) is 5.26 Å². The van der Waals surface area contributed by atoms with Crippen LogP contribution in [0.2, 0.25) is 0 Å². The van der Waals surface area contributed by atoms with Gasteiger partial charge in [0.1, 0.15) is 11.6 Å². The topological polar surface area (TPSA) is 50.1 Å². The van der Waals surface area contributed by atoms with Gasteiger partial charge in [-0.25, -0.2) is 4.39 Å². The average molecular weight is 283 g/mol. The van der Waals surface area contributed by atoms with Crippen molar-refractivity contribution < 1.29 is 13.9 Å². The minimum absolute atomic E-state index is 0.239. The van der Waals surface area contributed by atoms with E-state index in [1.807, 2.05) is 13.0 Å². The maximum atomic E-state index is 12.9. The molecule has 1 unspecified atom stereocenters. The maximum absolute atomic E-state index is 12.9. The van der Waals surface area contributed by atoms with Crippen molar-refractivity contribution in [2.45, 2.75) is 20.0 Å². The lowest BCUT2D eigenvalue weighted by atomic mass is 10.1. The molecule has 0 saturated heterocycles. The Hall–Kier alpha value is -2.67. The number of nitriles is 1. The minimum atomic E-state index is -0.719. The van der Waals surface area contributed by atoms with Crippen LogP contribution in [0, 0.1) is 24.1 Å². The monoisotopic (exact) mass is 283 g/mol. The van der Waals surface area contributed by atoms with Crippen molar-refractivity contribution in [3.05, 3.63) is 65.0 Å². The van der Waals surface area contributed by atoms with Crippen LogP contribution in [0.15, 0.2) is 42.5 Å². The molecule has 2 aromatic rings. The van der Waals surface area contributed by atoms with Gasteiger partial charge in [-0.3, -0.25) is 4.79 Å². The summed E-state index contributed by atoms with van der Waals surface area (Å²) in [6.07, 6.45) is -0.719. The van der Waals surface area contributed by atoms with Gasteiger partial charge in [-0.05, 0) is 55.8 Å². The first-order valence-electron chi connectivity index (χ1n) is 6.48. The number of aryl methyl sites for hydroxylation is 1. The molecule has 0 aliphatic heterocycles. The highest BCUT2D eigenvalue weighted by Crippen LogP contribution is 2.21. The summed E-state index contributed by atoms with van der Waals surface area (Å²) < 4.78 is 18.5. The molecule has 0 aromatic heterocycles. The number of ether oxygens (including phenoxy) is 1. The molecule has 2 aromatic carbocycles. The van der Waals surface area contributed by atoms with E-state index < -0.39 is 11.9 Å². The number of hydrogen-bond acceptors (Lipinski definition) is 3. The maximum Gasteiger partial charge on any atom is 0.202 e. The lowest BCUT2D eigenvalue weighted by Crippen LogP contribution is -2.24. The van der Waals surface area contributed by atoms with Gasteiger partial charge in [-0.2, -0.15) is 5.26 Å². The number of carbonyl (C=O) groups excluding carboxylic acids is 1. The standard InChI is InChI=1S/C17H14FNO2/c1-11-3-4-13(10-19)9-16(11)21-12(2)17(20)14-5-7-15(18)8-6-14/h3-9,12H,1-2H3. The van der Waals surface area contributed by atoms with Gasteiger partial charge < -0.3 is 4.74 Å². The van der Waals surface area contributed by atoms with Crippen LogP contribution >= 0.6 is 0 Å². The van der Waals surface area contributed by atoms with E-state index in [9.17, 15) is 9.18 Å². The third-order valence-electron chi connectivity index (χ3n) is 3.12. The lowest BCUT2D eigenvalue weighted by molar-refractivity contribution is 0.0817. The van der Waals surface area contributed by atoms with Crippen LogP contribution < -0.4 is 4.74 Å². The molecule has 0 amide bonds. The second-order valence-electron chi connectivity index (χ2n) is 4.72. The summed E-state index contributed by atoms with van der Waals surface area (Å²) >= 11 is 0. The van der Waals surface area contributed by atoms with Crippen molar-refractivity contribution in [3.8, 4) is 11.8 Å². The summed E-state index contributed by atoms with van der Waals surface area (Å²) in [5, 5.41) is 8.89. The molecule has 0 fully saturated rings. The lowest BCUT2D eigenvalue weighted by Gasteiger charge is -2.15. The zero-order valence-electron chi connectivity index (χ0n) is 11.8. The van der Waals surface area contributed by atoms with Gasteiger partial charge in [0, 0.05) is 5.56 Å². The van der Waals surface area contributed by atoms with E-state index in [0.717, 1.165) is 5.56 Å². The van der Waals surface area contributed by atoms with E-state index in [0.29, 0.717) is 16.9 Å². The molecule has 0 spiro atoms. The largest absolute Gasteiger partial charge is 0.482 e. The first kappa shape index (κ1) is 14.7. The van der Waals surface area contributed by atoms with Crippen LogP contribution in [0.1, 0.15) is 28.4 Å². The van der Waals surface area contributed by atoms with Gasteiger partial charge in [0.2, 0.25) is 5.78 Å². The Bertz CT molecular complexity index is 702. The summed E-state index contributed by atoms with van der Waals surface area (Å²) in [5.74, 6) is -0.133. The van der Waals surface area contributed by atoms with Crippen molar-refractivity contribution in [1.82, 2.24) is 0 Å². The number of halogens is 1. The molecule has 106 valence electrons.